The minimum atomic E-state index is -0.0846. The Morgan fingerprint density at radius 1 is 1.46 bits per heavy atom. The Bertz CT molecular complexity index is 650. The predicted molar refractivity (Wildman–Crippen MR) is 91.3 cm³/mol. The van der Waals surface area contributed by atoms with Gasteiger partial charge in [-0.1, -0.05) is 0 Å². The molecule has 24 heavy (non-hydrogen) atoms. The molecule has 0 spiro atoms. The van der Waals surface area contributed by atoms with Crippen LogP contribution in [0.15, 0.2) is 28.8 Å². The highest BCUT2D eigenvalue weighted by Gasteiger charge is 2.23. The van der Waals surface area contributed by atoms with Crippen molar-refractivity contribution in [3.8, 4) is 11.5 Å². The molecule has 2 amide bonds. The molecular formula is C17H25N5O2. The molecule has 1 aliphatic rings. The number of H-pyrrole nitrogens is 1. The van der Waals surface area contributed by atoms with E-state index in [0.29, 0.717) is 12.5 Å². The Kier molecular flexibility index (Phi) is 5.20. The topological polar surface area (TPSA) is 86.2 Å². The Labute approximate surface area is 141 Å². The molecule has 3 rings (SSSR count). The van der Waals surface area contributed by atoms with Gasteiger partial charge in [0.05, 0.1) is 6.54 Å². The third-order valence-corrected chi connectivity index (χ3v) is 4.15. The molecule has 7 nitrogen and oxygen atoms in total. The number of urea groups is 1. The van der Waals surface area contributed by atoms with E-state index in [0.717, 1.165) is 43.3 Å². The number of furan rings is 1. The summed E-state index contributed by atoms with van der Waals surface area (Å²) in [6.45, 7) is 7.42. The van der Waals surface area contributed by atoms with Crippen LogP contribution in [0.1, 0.15) is 26.0 Å². The van der Waals surface area contributed by atoms with E-state index in [1.54, 1.807) is 6.20 Å². The summed E-state index contributed by atoms with van der Waals surface area (Å²) in [4.78, 5) is 14.0. The van der Waals surface area contributed by atoms with Gasteiger partial charge in [-0.25, -0.2) is 4.79 Å². The van der Waals surface area contributed by atoms with Crippen molar-refractivity contribution in [2.24, 2.45) is 5.92 Å². The maximum atomic E-state index is 11.6. The normalized spacial score (nSPS) is 18.2. The molecule has 2 aromatic heterocycles. The van der Waals surface area contributed by atoms with Crippen LogP contribution in [-0.4, -0.2) is 46.8 Å². The van der Waals surface area contributed by atoms with Crippen LogP contribution in [0.25, 0.3) is 11.5 Å². The first-order valence-electron chi connectivity index (χ1n) is 8.45. The third kappa shape index (κ3) is 4.38. The lowest BCUT2D eigenvalue weighted by Crippen LogP contribution is -2.41. The highest BCUT2D eigenvalue weighted by atomic mass is 16.3. The molecule has 1 fully saturated rings. The lowest BCUT2D eigenvalue weighted by molar-refractivity contribution is 0.235. The van der Waals surface area contributed by atoms with Crippen LogP contribution >= 0.6 is 0 Å². The number of hydrogen-bond acceptors (Lipinski definition) is 4. The monoisotopic (exact) mass is 331 g/mol. The Morgan fingerprint density at radius 2 is 2.33 bits per heavy atom. The zero-order valence-electron chi connectivity index (χ0n) is 14.2. The Hall–Kier alpha value is -2.28. The molecule has 0 radical (unpaired) electrons. The number of nitrogens with one attached hydrogen (secondary N) is 3. The van der Waals surface area contributed by atoms with Crippen LogP contribution in [0.2, 0.25) is 0 Å². The maximum Gasteiger partial charge on any atom is 0.314 e. The molecule has 0 aromatic carbocycles. The number of likely N-dealkylation sites (tertiary alicyclic amines) is 1. The second-order valence-electron chi connectivity index (χ2n) is 6.64. The Morgan fingerprint density at radius 3 is 3.08 bits per heavy atom. The number of aromatic nitrogens is 2. The lowest BCUT2D eigenvalue weighted by Gasteiger charge is -2.16. The molecule has 3 heterocycles. The van der Waals surface area contributed by atoms with E-state index in [1.165, 1.54) is 0 Å². The van der Waals surface area contributed by atoms with Gasteiger partial charge in [0.25, 0.3) is 0 Å². The minimum absolute atomic E-state index is 0.0846. The zero-order valence-corrected chi connectivity index (χ0v) is 14.2. The number of aromatic amines is 1. The molecule has 1 unspecified atom stereocenters. The van der Waals surface area contributed by atoms with Crippen molar-refractivity contribution in [1.29, 1.82) is 0 Å². The highest BCUT2D eigenvalue weighted by molar-refractivity contribution is 5.74. The van der Waals surface area contributed by atoms with Crippen LogP contribution in [0.5, 0.6) is 0 Å². The fraction of sp³-hybridized carbons (Fsp3) is 0.529. The van der Waals surface area contributed by atoms with Crippen LogP contribution in [-0.2, 0) is 6.54 Å². The molecular weight excluding hydrogens is 306 g/mol. The predicted octanol–water partition coefficient (Wildman–Crippen LogP) is 2.20. The smallest absolute Gasteiger partial charge is 0.314 e. The highest BCUT2D eigenvalue weighted by Crippen LogP contribution is 2.23. The second kappa shape index (κ2) is 7.53. The van der Waals surface area contributed by atoms with E-state index in [2.05, 4.69) is 25.7 Å². The van der Waals surface area contributed by atoms with Gasteiger partial charge >= 0.3 is 6.03 Å². The maximum absolute atomic E-state index is 11.6. The number of rotatable bonds is 6. The lowest BCUT2D eigenvalue weighted by atomic mass is 10.1. The van der Waals surface area contributed by atoms with Crippen LogP contribution in [0, 0.1) is 5.92 Å². The standard InChI is InChI=1S/C17H25N5O2/c1-12(2)20-17(23)18-9-13-6-8-22(10-13)11-14-3-4-16(24-14)15-5-7-19-21-15/h3-5,7,12-13H,6,8-11H2,1-2H3,(H,19,21)(H2,18,20,23). The Balaban J connectivity index is 1.44. The summed E-state index contributed by atoms with van der Waals surface area (Å²) in [5.74, 6) is 2.25. The molecule has 7 heteroatoms. The summed E-state index contributed by atoms with van der Waals surface area (Å²) in [5, 5.41) is 12.6. The molecule has 130 valence electrons. The van der Waals surface area contributed by atoms with Gasteiger partial charge in [0.1, 0.15) is 11.5 Å². The SMILES string of the molecule is CC(C)NC(=O)NCC1CCN(Cc2ccc(-c3ccn[nH]3)o2)C1. The average Bonchev–Trinajstić information content (AvgIpc) is 3.26. The number of hydrogen-bond donors (Lipinski definition) is 3. The van der Waals surface area contributed by atoms with Gasteiger partial charge in [0.15, 0.2) is 5.76 Å². The van der Waals surface area contributed by atoms with Crippen LogP contribution < -0.4 is 10.6 Å². The fourth-order valence-corrected chi connectivity index (χ4v) is 2.99. The zero-order chi connectivity index (χ0) is 16.9. The van der Waals surface area contributed by atoms with Gasteiger partial charge in [0.2, 0.25) is 0 Å². The molecule has 3 N–H and O–H groups in total. The van der Waals surface area contributed by atoms with Crippen LogP contribution in [0.4, 0.5) is 4.79 Å². The summed E-state index contributed by atoms with van der Waals surface area (Å²) in [7, 11) is 0. The largest absolute Gasteiger partial charge is 0.458 e. The number of carbonyl (C=O) groups is 1. The number of amides is 2. The third-order valence-electron chi connectivity index (χ3n) is 4.15. The van der Waals surface area contributed by atoms with Gasteiger partial charge in [0, 0.05) is 25.3 Å². The van der Waals surface area contributed by atoms with E-state index in [1.807, 2.05) is 32.0 Å². The van der Waals surface area contributed by atoms with Crippen molar-refractivity contribution < 1.29 is 9.21 Å². The van der Waals surface area contributed by atoms with Gasteiger partial charge in [-0.2, -0.15) is 5.10 Å². The molecule has 0 saturated carbocycles. The molecule has 0 aliphatic carbocycles. The quantitative estimate of drug-likeness (QED) is 0.757. The van der Waals surface area contributed by atoms with Crippen molar-refractivity contribution in [3.63, 3.8) is 0 Å². The van der Waals surface area contributed by atoms with Crippen molar-refractivity contribution in [2.45, 2.75) is 32.9 Å². The van der Waals surface area contributed by atoms with E-state index in [4.69, 9.17) is 4.42 Å². The second-order valence-corrected chi connectivity index (χ2v) is 6.64. The number of carbonyl (C=O) groups excluding carboxylic acids is 1. The first-order chi connectivity index (χ1) is 11.6. The summed E-state index contributed by atoms with van der Waals surface area (Å²) in [5.41, 5.74) is 0.890. The van der Waals surface area contributed by atoms with E-state index < -0.39 is 0 Å². The molecule has 2 aromatic rings. The summed E-state index contributed by atoms with van der Waals surface area (Å²) in [6, 6.07) is 5.95. The van der Waals surface area contributed by atoms with E-state index in [9.17, 15) is 4.79 Å². The number of nitrogens with zero attached hydrogens (tertiary/aromatic N) is 2. The minimum Gasteiger partial charge on any atom is -0.458 e. The van der Waals surface area contributed by atoms with Gasteiger partial charge in [-0.05, 0) is 50.9 Å². The molecule has 1 saturated heterocycles. The summed E-state index contributed by atoms with van der Waals surface area (Å²) in [6.07, 6.45) is 2.81. The van der Waals surface area contributed by atoms with Crippen LogP contribution in [0.3, 0.4) is 0 Å². The average molecular weight is 331 g/mol. The van der Waals surface area contributed by atoms with Gasteiger partial charge in [-0.3, -0.25) is 10.00 Å². The van der Waals surface area contributed by atoms with Crippen molar-refractivity contribution in [2.75, 3.05) is 19.6 Å². The van der Waals surface area contributed by atoms with E-state index in [-0.39, 0.29) is 12.1 Å². The van der Waals surface area contributed by atoms with Crippen molar-refractivity contribution in [1.82, 2.24) is 25.7 Å². The summed E-state index contributed by atoms with van der Waals surface area (Å²) < 4.78 is 5.87. The summed E-state index contributed by atoms with van der Waals surface area (Å²) >= 11 is 0. The van der Waals surface area contributed by atoms with Gasteiger partial charge in [-0.15, -0.1) is 0 Å². The van der Waals surface area contributed by atoms with Crippen molar-refractivity contribution >= 4 is 6.03 Å². The molecule has 1 atom stereocenters. The fourth-order valence-electron chi connectivity index (χ4n) is 2.99. The van der Waals surface area contributed by atoms with Gasteiger partial charge < -0.3 is 15.1 Å². The molecule has 0 bridgehead atoms. The van der Waals surface area contributed by atoms with Crippen molar-refractivity contribution in [3.05, 3.63) is 30.2 Å². The molecule has 1 aliphatic heterocycles. The first kappa shape index (κ1) is 16.6. The first-order valence-corrected chi connectivity index (χ1v) is 8.45. The van der Waals surface area contributed by atoms with E-state index >= 15 is 0 Å².